The molecule has 1 amide bonds. The van der Waals surface area contributed by atoms with Crippen LogP contribution in [0, 0.1) is 5.92 Å². The van der Waals surface area contributed by atoms with Gasteiger partial charge in [-0.05, 0) is 37.0 Å². The number of anilines is 1. The standard InChI is InChI=1S/C12H15ClN2O/c13-9-2-1-3-10(6-9)15-12(16)7-11(14)8-4-5-8/h1-3,6,8,11H,4-5,7,14H2,(H,15,16). The molecular weight excluding hydrogens is 224 g/mol. The van der Waals surface area contributed by atoms with Crippen molar-refractivity contribution in [2.45, 2.75) is 25.3 Å². The molecule has 4 heteroatoms. The molecule has 16 heavy (non-hydrogen) atoms. The van der Waals surface area contributed by atoms with Gasteiger partial charge in [-0.3, -0.25) is 4.79 Å². The number of amides is 1. The number of hydrogen-bond acceptors (Lipinski definition) is 2. The van der Waals surface area contributed by atoms with E-state index in [9.17, 15) is 4.79 Å². The quantitative estimate of drug-likeness (QED) is 0.847. The van der Waals surface area contributed by atoms with Crippen molar-refractivity contribution in [2.24, 2.45) is 11.7 Å². The normalized spacial score (nSPS) is 16.9. The second-order valence-corrected chi connectivity index (χ2v) is 4.70. The molecule has 0 aliphatic heterocycles. The summed E-state index contributed by atoms with van der Waals surface area (Å²) in [6, 6.07) is 7.11. The summed E-state index contributed by atoms with van der Waals surface area (Å²) in [7, 11) is 0. The van der Waals surface area contributed by atoms with Crippen LogP contribution >= 0.6 is 11.6 Å². The van der Waals surface area contributed by atoms with E-state index in [0.717, 1.165) is 18.5 Å². The van der Waals surface area contributed by atoms with Crippen LogP contribution in [-0.4, -0.2) is 11.9 Å². The van der Waals surface area contributed by atoms with E-state index in [4.69, 9.17) is 17.3 Å². The van der Waals surface area contributed by atoms with Gasteiger partial charge in [0.05, 0.1) is 0 Å². The number of carbonyl (C=O) groups excluding carboxylic acids is 1. The minimum atomic E-state index is -0.0401. The van der Waals surface area contributed by atoms with Crippen LogP contribution < -0.4 is 11.1 Å². The number of benzene rings is 1. The smallest absolute Gasteiger partial charge is 0.225 e. The van der Waals surface area contributed by atoms with Crippen molar-refractivity contribution >= 4 is 23.2 Å². The van der Waals surface area contributed by atoms with Crippen molar-refractivity contribution in [1.82, 2.24) is 0 Å². The summed E-state index contributed by atoms with van der Waals surface area (Å²) in [6.45, 7) is 0. The maximum absolute atomic E-state index is 11.6. The van der Waals surface area contributed by atoms with Crippen LogP contribution in [0.2, 0.25) is 5.02 Å². The summed E-state index contributed by atoms with van der Waals surface area (Å²) in [5, 5.41) is 3.41. The molecule has 0 saturated heterocycles. The fourth-order valence-electron chi connectivity index (χ4n) is 1.68. The second kappa shape index (κ2) is 4.85. The Bertz CT molecular complexity index is 390. The molecule has 1 unspecified atom stereocenters. The number of rotatable bonds is 4. The van der Waals surface area contributed by atoms with Gasteiger partial charge in [0.1, 0.15) is 0 Å². The fourth-order valence-corrected chi connectivity index (χ4v) is 1.87. The molecule has 0 spiro atoms. The Labute approximate surface area is 100.0 Å². The van der Waals surface area contributed by atoms with Gasteiger partial charge >= 0.3 is 0 Å². The van der Waals surface area contributed by atoms with E-state index in [0.29, 0.717) is 17.4 Å². The Morgan fingerprint density at radius 1 is 1.56 bits per heavy atom. The van der Waals surface area contributed by atoms with Crippen molar-refractivity contribution in [2.75, 3.05) is 5.32 Å². The Balaban J connectivity index is 1.86. The third kappa shape index (κ3) is 3.22. The zero-order valence-electron chi connectivity index (χ0n) is 8.95. The topological polar surface area (TPSA) is 55.1 Å². The highest BCUT2D eigenvalue weighted by molar-refractivity contribution is 6.30. The minimum absolute atomic E-state index is 0.000755. The van der Waals surface area contributed by atoms with Crippen LogP contribution in [-0.2, 0) is 4.79 Å². The average molecular weight is 239 g/mol. The van der Waals surface area contributed by atoms with E-state index in [1.54, 1.807) is 18.2 Å². The molecule has 2 rings (SSSR count). The van der Waals surface area contributed by atoms with Gasteiger partial charge in [0.15, 0.2) is 0 Å². The van der Waals surface area contributed by atoms with Crippen molar-refractivity contribution < 1.29 is 4.79 Å². The van der Waals surface area contributed by atoms with Crippen molar-refractivity contribution in [3.8, 4) is 0 Å². The number of nitrogens with one attached hydrogen (secondary N) is 1. The first-order valence-electron chi connectivity index (χ1n) is 5.46. The third-order valence-electron chi connectivity index (χ3n) is 2.76. The maximum atomic E-state index is 11.6. The highest BCUT2D eigenvalue weighted by Gasteiger charge is 2.29. The summed E-state index contributed by atoms with van der Waals surface area (Å²) >= 11 is 5.82. The van der Waals surface area contributed by atoms with Crippen LogP contribution in [0.15, 0.2) is 24.3 Å². The van der Waals surface area contributed by atoms with Gasteiger partial charge < -0.3 is 11.1 Å². The van der Waals surface area contributed by atoms with E-state index in [-0.39, 0.29) is 11.9 Å². The monoisotopic (exact) mass is 238 g/mol. The van der Waals surface area contributed by atoms with Crippen LogP contribution in [0.25, 0.3) is 0 Å². The molecule has 86 valence electrons. The number of halogens is 1. The molecule has 1 saturated carbocycles. The Morgan fingerprint density at radius 2 is 2.31 bits per heavy atom. The SMILES string of the molecule is NC(CC(=O)Nc1cccc(Cl)c1)C1CC1. The largest absolute Gasteiger partial charge is 0.327 e. The molecule has 1 aromatic carbocycles. The Kier molecular flexibility index (Phi) is 3.46. The second-order valence-electron chi connectivity index (χ2n) is 4.26. The fraction of sp³-hybridized carbons (Fsp3) is 0.417. The zero-order valence-corrected chi connectivity index (χ0v) is 9.70. The number of hydrogen-bond donors (Lipinski definition) is 2. The molecule has 0 aromatic heterocycles. The number of nitrogens with two attached hydrogens (primary N) is 1. The number of carbonyl (C=O) groups is 1. The lowest BCUT2D eigenvalue weighted by atomic mass is 10.1. The highest BCUT2D eigenvalue weighted by atomic mass is 35.5. The molecule has 0 bridgehead atoms. The van der Waals surface area contributed by atoms with Gasteiger partial charge in [0.2, 0.25) is 5.91 Å². The van der Waals surface area contributed by atoms with E-state index in [1.165, 1.54) is 0 Å². The van der Waals surface area contributed by atoms with Crippen LogP contribution in [0.1, 0.15) is 19.3 Å². The predicted molar refractivity (Wildman–Crippen MR) is 65.4 cm³/mol. The maximum Gasteiger partial charge on any atom is 0.225 e. The summed E-state index contributed by atoms with van der Waals surface area (Å²) in [4.78, 5) is 11.6. The highest BCUT2D eigenvalue weighted by Crippen LogP contribution is 2.32. The molecule has 3 nitrogen and oxygen atoms in total. The van der Waals surface area contributed by atoms with E-state index in [2.05, 4.69) is 5.32 Å². The molecular formula is C12H15ClN2O. The van der Waals surface area contributed by atoms with Gasteiger partial charge in [0, 0.05) is 23.2 Å². The first-order valence-corrected chi connectivity index (χ1v) is 5.84. The van der Waals surface area contributed by atoms with Crippen molar-refractivity contribution in [3.05, 3.63) is 29.3 Å². The minimum Gasteiger partial charge on any atom is -0.327 e. The Morgan fingerprint density at radius 3 is 2.94 bits per heavy atom. The predicted octanol–water partition coefficient (Wildman–Crippen LogP) is 2.41. The van der Waals surface area contributed by atoms with E-state index >= 15 is 0 Å². The first kappa shape index (κ1) is 11.4. The molecule has 1 aliphatic carbocycles. The lowest BCUT2D eigenvalue weighted by Crippen LogP contribution is -2.28. The summed E-state index contributed by atoms with van der Waals surface area (Å²) < 4.78 is 0. The van der Waals surface area contributed by atoms with Crippen LogP contribution in [0.4, 0.5) is 5.69 Å². The van der Waals surface area contributed by atoms with Crippen LogP contribution in [0.3, 0.4) is 0 Å². The molecule has 1 aromatic rings. The Hall–Kier alpha value is -1.06. The summed E-state index contributed by atoms with van der Waals surface area (Å²) in [6.07, 6.45) is 2.70. The molecule has 0 radical (unpaired) electrons. The molecule has 3 N–H and O–H groups in total. The van der Waals surface area contributed by atoms with Crippen molar-refractivity contribution in [1.29, 1.82) is 0 Å². The third-order valence-corrected chi connectivity index (χ3v) is 2.99. The molecule has 1 atom stereocenters. The van der Waals surface area contributed by atoms with Gasteiger partial charge in [-0.1, -0.05) is 17.7 Å². The van der Waals surface area contributed by atoms with Gasteiger partial charge in [-0.25, -0.2) is 0 Å². The molecule has 1 fully saturated rings. The van der Waals surface area contributed by atoms with E-state index < -0.39 is 0 Å². The lowest BCUT2D eigenvalue weighted by molar-refractivity contribution is -0.116. The molecule has 0 heterocycles. The lowest BCUT2D eigenvalue weighted by Gasteiger charge is -2.10. The summed E-state index contributed by atoms with van der Waals surface area (Å²) in [5.41, 5.74) is 6.60. The zero-order chi connectivity index (χ0) is 11.5. The first-order chi connectivity index (χ1) is 7.65. The summed E-state index contributed by atoms with van der Waals surface area (Å²) in [5.74, 6) is 0.506. The van der Waals surface area contributed by atoms with Crippen molar-refractivity contribution in [3.63, 3.8) is 0 Å². The van der Waals surface area contributed by atoms with E-state index in [1.807, 2.05) is 6.07 Å². The van der Waals surface area contributed by atoms with Gasteiger partial charge in [-0.15, -0.1) is 0 Å². The van der Waals surface area contributed by atoms with Gasteiger partial charge in [0.25, 0.3) is 0 Å². The average Bonchev–Trinajstić information content (AvgIpc) is 2.99. The molecule has 1 aliphatic rings. The van der Waals surface area contributed by atoms with Gasteiger partial charge in [-0.2, -0.15) is 0 Å². The van der Waals surface area contributed by atoms with Crippen LogP contribution in [0.5, 0.6) is 0 Å².